The lowest BCUT2D eigenvalue weighted by atomic mass is 9.98. The smallest absolute Gasteiger partial charge is 0.334 e. The number of halogens is 7. The molecule has 0 atom stereocenters. The Balaban J connectivity index is 1.31. The van der Waals surface area contributed by atoms with Crippen LogP contribution in [0, 0.1) is 23.3 Å². The van der Waals surface area contributed by atoms with Crippen molar-refractivity contribution >= 4 is 44.0 Å². The van der Waals surface area contributed by atoms with Gasteiger partial charge in [0.2, 0.25) is 15.8 Å². The van der Waals surface area contributed by atoms with E-state index in [4.69, 9.17) is 0 Å². The van der Waals surface area contributed by atoms with Crippen molar-refractivity contribution in [1.82, 2.24) is 14.0 Å². The summed E-state index contributed by atoms with van der Waals surface area (Å²) in [6.45, 7) is 0. The Kier molecular flexibility index (Phi) is 7.63. The lowest BCUT2D eigenvalue weighted by Crippen LogP contribution is -2.21. The fraction of sp³-hybridized carbons (Fsp3) is 0.0645. The molecule has 3 aromatic heterocycles. The van der Waals surface area contributed by atoms with Crippen molar-refractivity contribution in [2.75, 3.05) is 5.32 Å². The van der Waals surface area contributed by atoms with Crippen LogP contribution in [0.1, 0.15) is 32.0 Å². The highest BCUT2D eigenvalue weighted by Crippen LogP contribution is 2.41. The number of benzene rings is 3. The normalized spacial score (nSPS) is 12.2. The zero-order chi connectivity index (χ0) is 34.9. The predicted octanol–water partition coefficient (Wildman–Crippen LogP) is 6.20. The van der Waals surface area contributed by atoms with E-state index in [0.29, 0.717) is 5.52 Å². The second-order valence-electron chi connectivity index (χ2n) is 10.5. The monoisotopic (exact) mass is 689 g/mol. The number of rotatable bonds is 6. The summed E-state index contributed by atoms with van der Waals surface area (Å²) >= 11 is 0. The van der Waals surface area contributed by atoms with Crippen molar-refractivity contribution in [2.45, 2.75) is 11.1 Å². The highest BCUT2D eigenvalue weighted by molar-refractivity contribution is 7.89. The van der Waals surface area contributed by atoms with Crippen molar-refractivity contribution in [3.05, 3.63) is 119 Å². The lowest BCUT2D eigenvalue weighted by Gasteiger charge is -2.15. The SMILES string of the molecule is Cn1cnc2cc(-c3cccn4c(C(=O)c5ccc(C(=O)Nc6c(F)c(F)c(S(N)(=O)=O)c(F)c6F)cc5)ccc34)c(C(F)(F)F)cc21. The molecule has 0 spiro atoms. The topological polar surface area (TPSA) is 129 Å². The van der Waals surface area contributed by atoms with Crippen molar-refractivity contribution in [3.63, 3.8) is 0 Å². The van der Waals surface area contributed by atoms with Crippen molar-refractivity contribution < 1.29 is 48.7 Å². The first kappa shape index (κ1) is 32.4. The number of nitrogens with zero attached hydrogens (tertiary/aromatic N) is 3. The van der Waals surface area contributed by atoms with E-state index in [2.05, 4.69) is 10.1 Å². The number of primary sulfonamides is 1. The molecule has 0 saturated heterocycles. The highest BCUT2D eigenvalue weighted by atomic mass is 32.2. The van der Waals surface area contributed by atoms with Crippen molar-refractivity contribution in [2.24, 2.45) is 12.2 Å². The highest BCUT2D eigenvalue weighted by Gasteiger charge is 2.35. The summed E-state index contributed by atoms with van der Waals surface area (Å²) in [6.07, 6.45) is -1.85. The van der Waals surface area contributed by atoms with Gasteiger partial charge in [-0.25, -0.2) is 36.1 Å². The minimum Gasteiger partial charge on any atom is -0.334 e. The Bertz CT molecular complexity index is 2410. The van der Waals surface area contributed by atoms with Crippen LogP contribution in [-0.4, -0.2) is 34.1 Å². The second kappa shape index (κ2) is 11.3. The van der Waals surface area contributed by atoms with E-state index >= 15 is 0 Å². The van der Waals surface area contributed by atoms with Crippen LogP contribution >= 0.6 is 0 Å². The van der Waals surface area contributed by atoms with Gasteiger partial charge in [-0.15, -0.1) is 0 Å². The number of imidazole rings is 1. The first-order chi connectivity index (χ1) is 22.5. The predicted molar refractivity (Wildman–Crippen MR) is 158 cm³/mol. The number of alkyl halides is 3. The maximum Gasteiger partial charge on any atom is 0.417 e. The molecule has 0 saturated carbocycles. The summed E-state index contributed by atoms with van der Waals surface area (Å²) in [5.74, 6) is -11.0. The Labute approximate surface area is 265 Å². The molecule has 0 aliphatic heterocycles. The molecule has 48 heavy (non-hydrogen) atoms. The molecule has 0 bridgehead atoms. The van der Waals surface area contributed by atoms with Crippen LogP contribution in [0.3, 0.4) is 0 Å². The van der Waals surface area contributed by atoms with Crippen LogP contribution in [0.4, 0.5) is 36.4 Å². The average molecular weight is 690 g/mol. The van der Waals surface area contributed by atoms with Crippen molar-refractivity contribution in [3.8, 4) is 11.1 Å². The fourth-order valence-electron chi connectivity index (χ4n) is 5.26. The number of aryl methyl sites for hydroxylation is 1. The van der Waals surface area contributed by atoms with E-state index in [-0.39, 0.29) is 39.0 Å². The molecular formula is C31H18F7N5O4S. The number of carbonyl (C=O) groups excluding carboxylic acids is 2. The van der Waals surface area contributed by atoms with Gasteiger partial charge in [-0.2, -0.15) is 13.2 Å². The molecule has 3 heterocycles. The molecule has 0 aliphatic rings. The molecule has 1 amide bonds. The molecule has 6 rings (SSSR count). The maximum atomic E-state index is 14.4. The van der Waals surface area contributed by atoms with Gasteiger partial charge in [-0.05, 0) is 48.0 Å². The van der Waals surface area contributed by atoms with E-state index in [1.807, 2.05) is 0 Å². The number of fused-ring (bicyclic) bond motifs is 2. The summed E-state index contributed by atoms with van der Waals surface area (Å²) < 4.78 is 125. The molecular weight excluding hydrogens is 671 g/mol. The van der Waals surface area contributed by atoms with E-state index < -0.39 is 67.3 Å². The van der Waals surface area contributed by atoms with Gasteiger partial charge >= 0.3 is 6.18 Å². The number of sulfonamides is 1. The standard InChI is InChI=1S/C31H18F7N5O4S/c1-42-13-40-19-11-17(18(12-22(19)42)31(36,37)38)16-3-2-10-43-20(16)8-9-21(43)28(44)14-4-6-15(7-5-14)30(45)41-27-23(32)25(34)29(48(39,46)47)26(35)24(27)33/h2-13H,1H3,(H,41,45)(H2,39,46,47). The number of hydrogen-bond donors (Lipinski definition) is 2. The molecule has 0 unspecified atom stereocenters. The van der Waals surface area contributed by atoms with Crippen LogP contribution in [0.15, 0.2) is 78.1 Å². The molecule has 17 heteroatoms. The van der Waals surface area contributed by atoms with Gasteiger partial charge in [0.25, 0.3) is 5.91 Å². The number of ketones is 1. The Morgan fingerprint density at radius 3 is 2.06 bits per heavy atom. The molecule has 6 aromatic rings. The van der Waals surface area contributed by atoms with Gasteiger partial charge in [-0.3, -0.25) is 9.59 Å². The number of hydrogen-bond acceptors (Lipinski definition) is 5. The van der Waals surface area contributed by atoms with E-state index in [1.165, 1.54) is 51.8 Å². The summed E-state index contributed by atoms with van der Waals surface area (Å²) in [7, 11) is -3.64. The third-order valence-electron chi connectivity index (χ3n) is 7.54. The first-order valence-electron chi connectivity index (χ1n) is 13.5. The number of nitrogens with one attached hydrogen (secondary N) is 1. The van der Waals surface area contributed by atoms with Crippen LogP contribution in [0.25, 0.3) is 27.7 Å². The van der Waals surface area contributed by atoms with E-state index in [1.54, 1.807) is 12.4 Å². The molecule has 3 aromatic carbocycles. The molecule has 0 aliphatic carbocycles. The first-order valence-corrected chi connectivity index (χ1v) is 15.0. The molecule has 0 radical (unpaired) electrons. The van der Waals surface area contributed by atoms with Crippen LogP contribution < -0.4 is 10.5 Å². The quantitative estimate of drug-likeness (QED) is 0.122. The van der Waals surface area contributed by atoms with E-state index in [9.17, 15) is 48.7 Å². The van der Waals surface area contributed by atoms with Crippen LogP contribution in [0.5, 0.6) is 0 Å². The third kappa shape index (κ3) is 5.35. The van der Waals surface area contributed by atoms with Gasteiger partial charge in [0.1, 0.15) is 5.69 Å². The average Bonchev–Trinajstić information content (AvgIpc) is 3.63. The largest absolute Gasteiger partial charge is 0.417 e. The molecule has 0 fully saturated rings. The Hall–Kier alpha value is -5.55. The van der Waals surface area contributed by atoms with Crippen LogP contribution in [-0.2, 0) is 23.2 Å². The minimum absolute atomic E-state index is 0.00482. The summed E-state index contributed by atoms with van der Waals surface area (Å²) in [6, 6.07) is 12.6. The Morgan fingerprint density at radius 2 is 1.46 bits per heavy atom. The lowest BCUT2D eigenvalue weighted by molar-refractivity contribution is -0.137. The number of amides is 1. The summed E-state index contributed by atoms with van der Waals surface area (Å²) in [4.78, 5) is 28.2. The van der Waals surface area contributed by atoms with Gasteiger partial charge < -0.3 is 14.3 Å². The minimum atomic E-state index is -5.21. The van der Waals surface area contributed by atoms with Gasteiger partial charge in [0.15, 0.2) is 28.2 Å². The molecule has 3 N–H and O–H groups in total. The molecule has 246 valence electrons. The summed E-state index contributed by atoms with van der Waals surface area (Å²) in [5, 5.41) is 6.24. The second-order valence-corrected chi connectivity index (χ2v) is 12.0. The number of nitrogens with two attached hydrogens (primary N) is 1. The third-order valence-corrected chi connectivity index (χ3v) is 8.47. The van der Waals surface area contributed by atoms with Gasteiger partial charge in [-0.1, -0.05) is 18.2 Å². The maximum absolute atomic E-state index is 14.4. The van der Waals surface area contributed by atoms with Crippen LogP contribution in [0.2, 0.25) is 0 Å². The van der Waals surface area contributed by atoms with E-state index in [0.717, 1.165) is 30.3 Å². The van der Waals surface area contributed by atoms with Crippen molar-refractivity contribution in [1.29, 1.82) is 0 Å². The van der Waals surface area contributed by atoms with Gasteiger partial charge in [0, 0.05) is 29.9 Å². The zero-order valence-corrected chi connectivity index (χ0v) is 24.9. The summed E-state index contributed by atoms with van der Waals surface area (Å²) in [5.41, 5.74) is -1.91. The Morgan fingerprint density at radius 1 is 0.833 bits per heavy atom. The van der Waals surface area contributed by atoms with Gasteiger partial charge in [0.05, 0.1) is 34.1 Å². The number of carbonyl (C=O) groups is 2. The zero-order valence-electron chi connectivity index (χ0n) is 24.0. The number of pyridine rings is 1. The number of anilines is 1. The fourth-order valence-corrected chi connectivity index (χ4v) is 5.94. The molecule has 9 nitrogen and oxygen atoms in total. The number of aromatic nitrogens is 3.